The normalized spacial score (nSPS) is 24.1. The summed E-state index contributed by atoms with van der Waals surface area (Å²) in [6.07, 6.45) is 1.86. The molecule has 3 fully saturated rings. The molecule has 0 spiro atoms. The molecular weight excluding hydrogens is 484 g/mol. The number of fused-ring (bicyclic) bond motifs is 1. The van der Waals surface area contributed by atoms with Crippen molar-refractivity contribution < 1.29 is 9.53 Å². The van der Waals surface area contributed by atoms with Gasteiger partial charge in [0, 0.05) is 58.9 Å². The number of rotatable bonds is 2. The quantitative estimate of drug-likeness (QED) is 0.622. The van der Waals surface area contributed by atoms with Crippen LogP contribution < -0.4 is 10.2 Å². The molecule has 1 amide bonds. The second-order valence-corrected chi connectivity index (χ2v) is 12.9. The molecule has 8 nitrogen and oxygen atoms in total. The largest absolute Gasteiger partial charge is 0.444 e. The molecule has 0 radical (unpaired) electrons. The van der Waals surface area contributed by atoms with Crippen molar-refractivity contribution in [2.24, 2.45) is 5.92 Å². The summed E-state index contributed by atoms with van der Waals surface area (Å²) >= 11 is 1.77. The predicted molar refractivity (Wildman–Crippen MR) is 154 cm³/mol. The summed E-state index contributed by atoms with van der Waals surface area (Å²) in [5.74, 6) is 0.487. The highest BCUT2D eigenvalue weighted by atomic mass is 32.1. The van der Waals surface area contributed by atoms with Gasteiger partial charge in [0.05, 0.1) is 16.3 Å². The van der Waals surface area contributed by atoms with Crippen molar-refractivity contribution in [2.75, 3.05) is 77.9 Å². The molecule has 2 atom stereocenters. The van der Waals surface area contributed by atoms with Crippen LogP contribution in [0.1, 0.15) is 52.1 Å². The SMILES string of the molecule is CN1CCNCC1.C[C@H]1CC[C@H](c2ccc3sc(N4CCN(C)CC4)nc3c2)N(C(=O)OC(C)(C)C)C1. The Kier molecular flexibility index (Phi) is 9.32. The molecule has 0 bridgehead atoms. The van der Waals surface area contributed by atoms with Crippen LogP contribution in [0, 0.1) is 5.92 Å². The highest BCUT2D eigenvalue weighted by Crippen LogP contribution is 2.37. The van der Waals surface area contributed by atoms with Crippen LogP contribution in [0.15, 0.2) is 18.2 Å². The van der Waals surface area contributed by atoms with E-state index in [4.69, 9.17) is 9.72 Å². The summed E-state index contributed by atoms with van der Waals surface area (Å²) in [4.78, 5) is 26.9. The number of ether oxygens (including phenoxy) is 1. The molecule has 9 heteroatoms. The third-order valence-electron chi connectivity index (χ3n) is 7.35. The van der Waals surface area contributed by atoms with Gasteiger partial charge in [0.1, 0.15) is 5.60 Å². The molecular formula is C28H46N6O2S. The zero-order valence-corrected chi connectivity index (χ0v) is 24.4. The number of likely N-dealkylation sites (tertiary alicyclic amines) is 1. The van der Waals surface area contributed by atoms with Gasteiger partial charge >= 0.3 is 6.09 Å². The van der Waals surface area contributed by atoms with E-state index in [1.807, 2.05) is 25.7 Å². The fourth-order valence-electron chi connectivity index (χ4n) is 5.07. The third kappa shape index (κ3) is 7.78. The second-order valence-electron chi connectivity index (χ2n) is 11.9. The number of likely N-dealkylation sites (N-methyl/N-ethyl adjacent to an activating group) is 2. The van der Waals surface area contributed by atoms with E-state index in [-0.39, 0.29) is 12.1 Å². The molecule has 3 aliphatic rings. The molecule has 1 aromatic carbocycles. The Balaban J connectivity index is 0.000000396. The Morgan fingerprint density at radius 3 is 2.32 bits per heavy atom. The first-order valence-corrected chi connectivity index (χ1v) is 14.6. The lowest BCUT2D eigenvalue weighted by atomic mass is 9.90. The number of thiazole rings is 1. The summed E-state index contributed by atoms with van der Waals surface area (Å²) in [5, 5.41) is 4.38. The van der Waals surface area contributed by atoms with Crippen molar-refractivity contribution >= 4 is 32.8 Å². The number of hydrogen-bond acceptors (Lipinski definition) is 8. The number of piperidine rings is 1. The summed E-state index contributed by atoms with van der Waals surface area (Å²) in [6, 6.07) is 6.58. The van der Waals surface area contributed by atoms with E-state index < -0.39 is 5.60 Å². The van der Waals surface area contributed by atoms with Gasteiger partial charge in [-0.25, -0.2) is 9.78 Å². The van der Waals surface area contributed by atoms with Crippen LogP contribution in [0.25, 0.3) is 10.2 Å². The number of anilines is 1. The summed E-state index contributed by atoms with van der Waals surface area (Å²) in [7, 11) is 4.32. The Bertz CT molecular complexity index is 1020. The third-order valence-corrected chi connectivity index (χ3v) is 8.44. The number of amides is 1. The number of piperazine rings is 2. The minimum atomic E-state index is -0.488. The van der Waals surface area contributed by atoms with Crippen LogP contribution in [0.2, 0.25) is 0 Å². The molecule has 37 heavy (non-hydrogen) atoms. The number of carbonyl (C=O) groups is 1. The van der Waals surface area contributed by atoms with Crippen LogP contribution in [-0.4, -0.2) is 104 Å². The van der Waals surface area contributed by atoms with Crippen molar-refractivity contribution in [3.63, 3.8) is 0 Å². The number of aromatic nitrogens is 1. The Labute approximate surface area is 226 Å². The molecule has 0 saturated carbocycles. The van der Waals surface area contributed by atoms with E-state index in [2.05, 4.69) is 59.2 Å². The number of hydrogen-bond donors (Lipinski definition) is 1. The first-order valence-electron chi connectivity index (χ1n) is 13.8. The standard InChI is InChI=1S/C23H34N4O2S.C5H12N2/c1-16-6-8-19(27(15-16)22(28)29-23(2,3)4)17-7-9-20-18(14-17)24-21(30-20)26-12-10-25(5)11-13-26;1-7-4-2-6-3-5-7/h7,9,14,16,19H,6,8,10-13,15H2,1-5H3;6H,2-5H2,1H3/t16-,19+;/m0./s1. The van der Waals surface area contributed by atoms with E-state index in [0.29, 0.717) is 5.92 Å². The van der Waals surface area contributed by atoms with Crippen LogP contribution in [0.5, 0.6) is 0 Å². The molecule has 3 aliphatic heterocycles. The molecule has 3 saturated heterocycles. The fourth-order valence-corrected chi connectivity index (χ4v) is 6.07. The Morgan fingerprint density at radius 1 is 1.03 bits per heavy atom. The smallest absolute Gasteiger partial charge is 0.410 e. The van der Waals surface area contributed by atoms with Crippen LogP contribution in [0.4, 0.5) is 9.93 Å². The van der Waals surface area contributed by atoms with Crippen LogP contribution in [0.3, 0.4) is 0 Å². The van der Waals surface area contributed by atoms with Crippen molar-refractivity contribution in [2.45, 2.75) is 52.2 Å². The van der Waals surface area contributed by atoms with Crippen molar-refractivity contribution in [1.29, 1.82) is 0 Å². The zero-order chi connectivity index (χ0) is 26.6. The molecule has 0 aliphatic carbocycles. The lowest BCUT2D eigenvalue weighted by molar-refractivity contribution is 0.00365. The van der Waals surface area contributed by atoms with E-state index in [0.717, 1.165) is 74.9 Å². The molecule has 2 aromatic rings. The van der Waals surface area contributed by atoms with Gasteiger partial charge in [0.2, 0.25) is 0 Å². The molecule has 1 aromatic heterocycles. The second kappa shape index (κ2) is 12.3. The average molecular weight is 531 g/mol. The van der Waals surface area contributed by atoms with Crippen molar-refractivity contribution in [3.8, 4) is 0 Å². The monoisotopic (exact) mass is 530 g/mol. The highest BCUT2D eigenvalue weighted by molar-refractivity contribution is 7.22. The molecule has 206 valence electrons. The number of nitrogens with one attached hydrogen (secondary N) is 1. The van der Waals surface area contributed by atoms with Gasteiger partial charge in [0.25, 0.3) is 0 Å². The average Bonchev–Trinajstić information content (AvgIpc) is 3.28. The number of carbonyl (C=O) groups excluding carboxylic acids is 1. The molecule has 5 rings (SSSR count). The van der Waals surface area contributed by atoms with Gasteiger partial charge in [0.15, 0.2) is 5.13 Å². The molecule has 0 unspecified atom stereocenters. The summed E-state index contributed by atoms with van der Waals surface area (Å²) in [6.45, 7) is 17.7. The predicted octanol–water partition coefficient (Wildman–Crippen LogP) is 4.28. The number of nitrogens with zero attached hydrogens (tertiary/aromatic N) is 5. The van der Waals surface area contributed by atoms with E-state index in [1.54, 1.807) is 11.3 Å². The van der Waals surface area contributed by atoms with Gasteiger partial charge in [-0.1, -0.05) is 24.3 Å². The maximum Gasteiger partial charge on any atom is 0.410 e. The van der Waals surface area contributed by atoms with E-state index in [1.165, 1.54) is 17.8 Å². The van der Waals surface area contributed by atoms with Gasteiger partial charge in [-0.05, 0) is 71.3 Å². The maximum absolute atomic E-state index is 12.9. The molecule has 4 heterocycles. The number of benzene rings is 1. The maximum atomic E-state index is 12.9. The van der Waals surface area contributed by atoms with Gasteiger partial charge in [-0.15, -0.1) is 0 Å². The fraction of sp³-hybridized carbons (Fsp3) is 0.714. The van der Waals surface area contributed by atoms with Crippen molar-refractivity contribution in [3.05, 3.63) is 23.8 Å². The summed E-state index contributed by atoms with van der Waals surface area (Å²) in [5.41, 5.74) is 1.71. The Hall–Kier alpha value is -1.94. The summed E-state index contributed by atoms with van der Waals surface area (Å²) < 4.78 is 6.93. The minimum absolute atomic E-state index is 0.0502. The van der Waals surface area contributed by atoms with E-state index >= 15 is 0 Å². The zero-order valence-electron chi connectivity index (χ0n) is 23.6. The lowest BCUT2D eigenvalue weighted by Crippen LogP contribution is -2.44. The first-order chi connectivity index (χ1) is 17.6. The van der Waals surface area contributed by atoms with Gasteiger partial charge in [-0.3, -0.25) is 0 Å². The van der Waals surface area contributed by atoms with Crippen LogP contribution >= 0.6 is 11.3 Å². The Morgan fingerprint density at radius 2 is 1.70 bits per heavy atom. The van der Waals surface area contributed by atoms with Crippen LogP contribution in [-0.2, 0) is 4.74 Å². The first kappa shape index (κ1) is 28.1. The lowest BCUT2D eigenvalue weighted by Gasteiger charge is -2.39. The topological polar surface area (TPSA) is 64.2 Å². The molecule has 1 N–H and O–H groups in total. The van der Waals surface area contributed by atoms with Gasteiger partial charge < -0.3 is 29.7 Å². The van der Waals surface area contributed by atoms with Crippen molar-refractivity contribution in [1.82, 2.24) is 25.0 Å². The van der Waals surface area contributed by atoms with E-state index in [9.17, 15) is 4.79 Å². The highest BCUT2D eigenvalue weighted by Gasteiger charge is 2.34. The van der Waals surface area contributed by atoms with Gasteiger partial charge in [-0.2, -0.15) is 0 Å². The minimum Gasteiger partial charge on any atom is -0.444 e.